The number of carbonyl (C=O) groups is 1. The van der Waals surface area contributed by atoms with Gasteiger partial charge in [0.15, 0.2) is 4.84 Å². The zero-order valence-corrected chi connectivity index (χ0v) is 17.4. The molecular formula is C16H25Cl3N6O. The summed E-state index contributed by atoms with van der Waals surface area (Å²) in [4.78, 5) is 23.6. The molecule has 0 saturated heterocycles. The fourth-order valence-corrected chi connectivity index (χ4v) is 2.05. The Balaban J connectivity index is 0.000000488. The van der Waals surface area contributed by atoms with Gasteiger partial charge in [0.2, 0.25) is 17.2 Å². The number of hydrogen-bond acceptors (Lipinski definition) is 6. The van der Waals surface area contributed by atoms with Gasteiger partial charge < -0.3 is 15.5 Å². The quantitative estimate of drug-likeness (QED) is 0.465. The Morgan fingerprint density at radius 3 is 2.12 bits per heavy atom. The Bertz CT molecular complexity index is 573. The summed E-state index contributed by atoms with van der Waals surface area (Å²) < 4.78 is 0. The molecule has 0 atom stereocenters. The molecule has 1 amide bonds. The van der Waals surface area contributed by atoms with Crippen molar-refractivity contribution in [3.05, 3.63) is 30.6 Å². The summed E-state index contributed by atoms with van der Waals surface area (Å²) in [5, 5.41) is 6.23. The van der Waals surface area contributed by atoms with Crippen molar-refractivity contribution in [2.24, 2.45) is 0 Å². The Morgan fingerprint density at radius 2 is 1.69 bits per heavy atom. The van der Waals surface area contributed by atoms with Crippen LogP contribution in [0.1, 0.15) is 20.8 Å². The third-order valence-electron chi connectivity index (χ3n) is 2.56. The SMILES string of the molecule is C=CCN(CC=C)C(=O)C(Cl)Cl.CCNc1nc(Cl)nc(NC(C)C)n1. The zero-order chi connectivity index (χ0) is 20.1. The van der Waals surface area contributed by atoms with Gasteiger partial charge in [0.25, 0.3) is 5.91 Å². The molecule has 0 aliphatic rings. The lowest BCUT2D eigenvalue weighted by atomic mass is 10.4. The Labute approximate surface area is 169 Å². The molecule has 0 aromatic carbocycles. The zero-order valence-electron chi connectivity index (χ0n) is 15.2. The molecule has 10 heteroatoms. The minimum Gasteiger partial charge on any atom is -0.354 e. The predicted molar refractivity (Wildman–Crippen MR) is 110 cm³/mol. The van der Waals surface area contributed by atoms with Crippen LogP contribution < -0.4 is 10.6 Å². The van der Waals surface area contributed by atoms with Gasteiger partial charge in [-0.05, 0) is 32.4 Å². The molecular weight excluding hydrogens is 399 g/mol. The molecule has 0 radical (unpaired) electrons. The predicted octanol–water partition coefficient (Wildman–Crippen LogP) is 3.77. The van der Waals surface area contributed by atoms with E-state index in [9.17, 15) is 4.79 Å². The van der Waals surface area contributed by atoms with Crippen LogP contribution in [-0.4, -0.2) is 56.3 Å². The number of rotatable bonds is 9. The van der Waals surface area contributed by atoms with E-state index in [1.165, 1.54) is 4.90 Å². The van der Waals surface area contributed by atoms with Gasteiger partial charge in [0, 0.05) is 25.7 Å². The number of anilines is 2. The van der Waals surface area contributed by atoms with Crippen molar-refractivity contribution >= 4 is 52.6 Å². The highest BCUT2D eigenvalue weighted by Gasteiger charge is 2.17. The number of halogens is 3. The van der Waals surface area contributed by atoms with Crippen LogP contribution in [0.15, 0.2) is 25.3 Å². The van der Waals surface area contributed by atoms with Crippen LogP contribution >= 0.6 is 34.8 Å². The summed E-state index contributed by atoms with van der Waals surface area (Å²) in [6.07, 6.45) is 3.22. The average Bonchev–Trinajstić information content (AvgIpc) is 2.53. The van der Waals surface area contributed by atoms with Gasteiger partial charge in [-0.1, -0.05) is 35.4 Å². The van der Waals surface area contributed by atoms with Crippen molar-refractivity contribution in [2.75, 3.05) is 30.3 Å². The topological polar surface area (TPSA) is 83.0 Å². The number of aromatic nitrogens is 3. The lowest BCUT2D eigenvalue weighted by Crippen LogP contribution is -2.35. The fourth-order valence-electron chi connectivity index (χ4n) is 1.61. The molecule has 0 aliphatic heterocycles. The highest BCUT2D eigenvalue weighted by molar-refractivity contribution is 6.53. The molecule has 0 bridgehead atoms. The van der Waals surface area contributed by atoms with Crippen LogP contribution in [0.4, 0.5) is 11.9 Å². The Morgan fingerprint density at radius 1 is 1.15 bits per heavy atom. The van der Waals surface area contributed by atoms with E-state index >= 15 is 0 Å². The van der Waals surface area contributed by atoms with E-state index in [-0.39, 0.29) is 17.2 Å². The molecule has 0 unspecified atom stereocenters. The van der Waals surface area contributed by atoms with E-state index in [0.717, 1.165) is 6.54 Å². The van der Waals surface area contributed by atoms with Crippen molar-refractivity contribution < 1.29 is 4.79 Å². The van der Waals surface area contributed by atoms with Gasteiger partial charge in [-0.2, -0.15) is 15.0 Å². The van der Waals surface area contributed by atoms with Crippen LogP contribution in [0.2, 0.25) is 5.28 Å². The highest BCUT2D eigenvalue weighted by Crippen LogP contribution is 2.10. The van der Waals surface area contributed by atoms with E-state index in [4.69, 9.17) is 34.8 Å². The van der Waals surface area contributed by atoms with E-state index < -0.39 is 4.84 Å². The monoisotopic (exact) mass is 422 g/mol. The molecule has 2 N–H and O–H groups in total. The normalized spacial score (nSPS) is 10.0. The number of amides is 1. The second-order valence-electron chi connectivity index (χ2n) is 5.20. The minimum atomic E-state index is -1.01. The number of nitrogens with zero attached hydrogens (tertiary/aromatic N) is 4. The lowest BCUT2D eigenvalue weighted by molar-refractivity contribution is -0.128. The van der Waals surface area contributed by atoms with Crippen LogP contribution in [0.3, 0.4) is 0 Å². The lowest BCUT2D eigenvalue weighted by Gasteiger charge is -2.19. The standard InChI is InChI=1S/C8H11Cl2NO.C8H14ClN5/c1-3-5-11(6-4-2)8(12)7(9)10;1-4-10-7-12-6(9)13-8(14-7)11-5(2)3/h3-4,7H,1-2,5-6H2;5H,4H2,1-3H3,(H2,10,11,12,13,14). The molecule has 1 aromatic heterocycles. The summed E-state index contributed by atoms with van der Waals surface area (Å²) in [5.74, 6) is 0.671. The molecule has 0 spiro atoms. The maximum absolute atomic E-state index is 11.2. The second kappa shape index (κ2) is 13.6. The Kier molecular flexibility index (Phi) is 12.8. The van der Waals surface area contributed by atoms with Crippen molar-refractivity contribution in [1.82, 2.24) is 19.9 Å². The number of hydrogen-bond donors (Lipinski definition) is 2. The first-order valence-electron chi connectivity index (χ1n) is 7.95. The maximum Gasteiger partial charge on any atom is 0.256 e. The number of carbonyl (C=O) groups excluding carboxylic acids is 1. The van der Waals surface area contributed by atoms with Gasteiger partial charge in [0.1, 0.15) is 0 Å². The van der Waals surface area contributed by atoms with E-state index in [0.29, 0.717) is 25.0 Å². The third-order valence-corrected chi connectivity index (χ3v) is 3.10. The molecule has 7 nitrogen and oxygen atoms in total. The van der Waals surface area contributed by atoms with Crippen molar-refractivity contribution in [3.8, 4) is 0 Å². The first-order chi connectivity index (χ1) is 12.2. The molecule has 146 valence electrons. The molecule has 1 aromatic rings. The maximum atomic E-state index is 11.2. The largest absolute Gasteiger partial charge is 0.354 e. The highest BCUT2D eigenvalue weighted by atomic mass is 35.5. The van der Waals surface area contributed by atoms with Crippen LogP contribution in [0, 0.1) is 0 Å². The van der Waals surface area contributed by atoms with Crippen molar-refractivity contribution in [3.63, 3.8) is 0 Å². The molecule has 0 saturated carbocycles. The van der Waals surface area contributed by atoms with Gasteiger partial charge in [0.05, 0.1) is 0 Å². The van der Waals surface area contributed by atoms with Gasteiger partial charge >= 0.3 is 0 Å². The second-order valence-corrected chi connectivity index (χ2v) is 6.64. The summed E-state index contributed by atoms with van der Waals surface area (Å²) >= 11 is 16.5. The van der Waals surface area contributed by atoms with Gasteiger partial charge in [-0.15, -0.1) is 13.2 Å². The first kappa shape index (κ1) is 24.4. The van der Waals surface area contributed by atoms with E-state index in [1.807, 2.05) is 20.8 Å². The van der Waals surface area contributed by atoms with Crippen LogP contribution in [0.5, 0.6) is 0 Å². The fraction of sp³-hybridized carbons (Fsp3) is 0.500. The first-order valence-corrected chi connectivity index (χ1v) is 9.20. The molecule has 0 aliphatic carbocycles. The van der Waals surface area contributed by atoms with Crippen molar-refractivity contribution in [2.45, 2.75) is 31.6 Å². The van der Waals surface area contributed by atoms with Crippen LogP contribution in [0.25, 0.3) is 0 Å². The van der Waals surface area contributed by atoms with E-state index in [1.54, 1.807) is 12.2 Å². The minimum absolute atomic E-state index is 0.194. The van der Waals surface area contributed by atoms with Crippen molar-refractivity contribution in [1.29, 1.82) is 0 Å². The van der Waals surface area contributed by atoms with Crippen LogP contribution in [-0.2, 0) is 4.79 Å². The number of nitrogens with one attached hydrogen (secondary N) is 2. The molecule has 1 rings (SSSR count). The summed E-state index contributed by atoms with van der Waals surface area (Å²) in [6.45, 7) is 14.6. The van der Waals surface area contributed by atoms with Gasteiger partial charge in [-0.3, -0.25) is 4.79 Å². The summed E-state index contributed by atoms with van der Waals surface area (Å²) in [5.41, 5.74) is 0. The summed E-state index contributed by atoms with van der Waals surface area (Å²) in [7, 11) is 0. The smallest absolute Gasteiger partial charge is 0.256 e. The van der Waals surface area contributed by atoms with E-state index in [2.05, 4.69) is 38.7 Å². The number of alkyl halides is 2. The summed E-state index contributed by atoms with van der Waals surface area (Å²) in [6, 6.07) is 0.267. The Hall–Kier alpha value is -1.57. The molecule has 0 fully saturated rings. The molecule has 1 heterocycles. The molecule has 26 heavy (non-hydrogen) atoms. The average molecular weight is 424 g/mol. The third kappa shape index (κ3) is 10.4. The van der Waals surface area contributed by atoms with Gasteiger partial charge in [-0.25, -0.2) is 0 Å².